The van der Waals surface area contributed by atoms with Crippen molar-refractivity contribution >= 4 is 5.91 Å². The second-order valence-corrected chi connectivity index (χ2v) is 8.56. The zero-order chi connectivity index (χ0) is 19.1. The molecule has 5 rings (SSSR count). The number of aryl methyl sites for hydroxylation is 1. The van der Waals surface area contributed by atoms with E-state index in [2.05, 4.69) is 24.8 Å². The van der Waals surface area contributed by atoms with Gasteiger partial charge in [0.25, 0.3) is 5.91 Å². The molecule has 3 atom stereocenters. The highest BCUT2D eigenvalue weighted by molar-refractivity contribution is 5.95. The number of pyridine rings is 1. The van der Waals surface area contributed by atoms with Crippen molar-refractivity contribution in [2.24, 2.45) is 11.8 Å². The summed E-state index contributed by atoms with van der Waals surface area (Å²) in [7, 11) is 0. The first-order chi connectivity index (χ1) is 13.7. The summed E-state index contributed by atoms with van der Waals surface area (Å²) < 4.78 is 0. The summed E-state index contributed by atoms with van der Waals surface area (Å²) in [5.74, 6) is 1.94. The molecule has 3 aliphatic rings. The van der Waals surface area contributed by atoms with Crippen LogP contribution in [0.4, 0.5) is 0 Å². The molecule has 5 heterocycles. The molecule has 6 nitrogen and oxygen atoms in total. The molecule has 28 heavy (non-hydrogen) atoms. The van der Waals surface area contributed by atoms with E-state index in [1.54, 1.807) is 18.6 Å². The van der Waals surface area contributed by atoms with Crippen molar-refractivity contribution in [1.29, 1.82) is 0 Å². The van der Waals surface area contributed by atoms with Gasteiger partial charge in [-0.2, -0.15) is 0 Å². The van der Waals surface area contributed by atoms with Crippen molar-refractivity contribution in [1.82, 2.24) is 24.8 Å². The third kappa shape index (κ3) is 3.20. The quantitative estimate of drug-likeness (QED) is 0.805. The Morgan fingerprint density at radius 2 is 2.11 bits per heavy atom. The molecule has 2 aromatic heterocycles. The van der Waals surface area contributed by atoms with Gasteiger partial charge in [-0.3, -0.25) is 14.7 Å². The molecule has 0 saturated carbocycles. The van der Waals surface area contributed by atoms with E-state index in [4.69, 9.17) is 0 Å². The van der Waals surface area contributed by atoms with E-state index in [0.29, 0.717) is 29.3 Å². The van der Waals surface area contributed by atoms with E-state index in [1.165, 1.54) is 32.2 Å². The van der Waals surface area contributed by atoms with Crippen molar-refractivity contribution < 1.29 is 4.79 Å². The van der Waals surface area contributed by atoms with Crippen molar-refractivity contribution in [2.75, 3.05) is 26.2 Å². The van der Waals surface area contributed by atoms with Crippen LogP contribution < -0.4 is 0 Å². The van der Waals surface area contributed by atoms with Gasteiger partial charge in [-0.25, -0.2) is 9.97 Å². The van der Waals surface area contributed by atoms with Gasteiger partial charge in [0, 0.05) is 49.8 Å². The average Bonchev–Trinajstić information content (AvgIpc) is 2.73. The second kappa shape index (κ2) is 7.24. The molecular weight excluding hydrogens is 350 g/mol. The van der Waals surface area contributed by atoms with Crippen LogP contribution in [-0.2, 0) is 0 Å². The van der Waals surface area contributed by atoms with Crippen LogP contribution >= 0.6 is 0 Å². The van der Waals surface area contributed by atoms with Gasteiger partial charge in [-0.1, -0.05) is 6.42 Å². The Morgan fingerprint density at radius 1 is 1.18 bits per heavy atom. The second-order valence-electron chi connectivity index (χ2n) is 8.56. The molecule has 0 radical (unpaired) electrons. The Bertz CT molecular complexity index is 870. The Balaban J connectivity index is 1.35. The van der Waals surface area contributed by atoms with Crippen molar-refractivity contribution in [2.45, 2.75) is 38.6 Å². The first-order valence-electron chi connectivity index (χ1n) is 10.5. The summed E-state index contributed by atoms with van der Waals surface area (Å²) >= 11 is 0. The third-order valence-corrected chi connectivity index (χ3v) is 6.69. The Morgan fingerprint density at radius 3 is 2.93 bits per heavy atom. The largest absolute Gasteiger partial charge is 0.338 e. The Labute approximate surface area is 166 Å². The molecule has 0 aromatic carbocycles. The van der Waals surface area contributed by atoms with Crippen LogP contribution in [-0.4, -0.2) is 62.9 Å². The highest BCUT2D eigenvalue weighted by Gasteiger charge is 2.42. The molecule has 3 fully saturated rings. The number of fused-ring (bicyclic) bond motifs is 4. The van der Waals surface area contributed by atoms with Crippen LogP contribution in [0, 0.1) is 18.8 Å². The molecule has 3 saturated heterocycles. The highest BCUT2D eigenvalue weighted by Crippen LogP contribution is 2.37. The number of hydrogen-bond acceptors (Lipinski definition) is 5. The van der Waals surface area contributed by atoms with Crippen LogP contribution in [0.5, 0.6) is 0 Å². The number of amides is 1. The minimum atomic E-state index is 0.0918. The maximum atomic E-state index is 13.3. The van der Waals surface area contributed by atoms with Crippen LogP contribution in [0.3, 0.4) is 0 Å². The predicted molar refractivity (Wildman–Crippen MR) is 107 cm³/mol. The fraction of sp³-hybridized carbons (Fsp3) is 0.545. The van der Waals surface area contributed by atoms with E-state index in [9.17, 15) is 4.79 Å². The molecule has 3 aliphatic heterocycles. The predicted octanol–water partition coefficient (Wildman–Crippen LogP) is 2.79. The Hall–Kier alpha value is -2.34. The highest BCUT2D eigenvalue weighted by atomic mass is 16.2. The van der Waals surface area contributed by atoms with Gasteiger partial charge in [0.1, 0.15) is 0 Å². The van der Waals surface area contributed by atoms with E-state index >= 15 is 0 Å². The SMILES string of the molecule is Cc1nc(-c2cccnc2)ncc1C(=O)N1C[C@@H]2C[C@H](C1)[C@@H]1CCCCN1C2. The van der Waals surface area contributed by atoms with Gasteiger partial charge in [-0.15, -0.1) is 0 Å². The van der Waals surface area contributed by atoms with E-state index in [1.807, 2.05) is 19.1 Å². The molecular formula is C22H27N5O. The zero-order valence-corrected chi connectivity index (χ0v) is 16.4. The maximum absolute atomic E-state index is 13.3. The van der Waals surface area contributed by atoms with Gasteiger partial charge in [0.05, 0.1) is 11.3 Å². The number of hydrogen-bond donors (Lipinski definition) is 0. The molecule has 2 bridgehead atoms. The molecule has 0 spiro atoms. The van der Waals surface area contributed by atoms with Crippen LogP contribution in [0.2, 0.25) is 0 Å². The van der Waals surface area contributed by atoms with Crippen LogP contribution in [0.1, 0.15) is 41.7 Å². The third-order valence-electron chi connectivity index (χ3n) is 6.69. The van der Waals surface area contributed by atoms with Gasteiger partial charge < -0.3 is 4.90 Å². The summed E-state index contributed by atoms with van der Waals surface area (Å²) in [4.78, 5) is 31.2. The monoisotopic (exact) mass is 377 g/mol. The lowest BCUT2D eigenvalue weighted by Gasteiger charge is -2.52. The topological polar surface area (TPSA) is 62.2 Å². The van der Waals surface area contributed by atoms with Crippen LogP contribution in [0.15, 0.2) is 30.7 Å². The van der Waals surface area contributed by atoms with Crippen LogP contribution in [0.25, 0.3) is 11.4 Å². The lowest BCUT2D eigenvalue weighted by Crippen LogP contribution is -2.59. The number of piperidine rings is 3. The number of nitrogens with zero attached hydrogens (tertiary/aromatic N) is 5. The molecule has 6 heteroatoms. The summed E-state index contributed by atoms with van der Waals surface area (Å²) in [6.45, 7) is 6.04. The summed E-state index contributed by atoms with van der Waals surface area (Å²) in [5, 5.41) is 0. The number of carbonyl (C=O) groups is 1. The van der Waals surface area contributed by atoms with Crippen molar-refractivity contribution in [3.63, 3.8) is 0 Å². The van der Waals surface area contributed by atoms with E-state index in [0.717, 1.165) is 30.9 Å². The van der Waals surface area contributed by atoms with Gasteiger partial charge >= 0.3 is 0 Å². The molecule has 0 unspecified atom stereocenters. The minimum absolute atomic E-state index is 0.0918. The van der Waals surface area contributed by atoms with E-state index < -0.39 is 0 Å². The van der Waals surface area contributed by atoms with Crippen molar-refractivity contribution in [3.8, 4) is 11.4 Å². The molecule has 146 valence electrons. The minimum Gasteiger partial charge on any atom is -0.338 e. The van der Waals surface area contributed by atoms with Gasteiger partial charge in [0.15, 0.2) is 5.82 Å². The normalized spacial score (nSPS) is 27.3. The zero-order valence-electron chi connectivity index (χ0n) is 16.4. The summed E-state index contributed by atoms with van der Waals surface area (Å²) in [5.41, 5.74) is 2.25. The number of likely N-dealkylation sites (tertiary alicyclic amines) is 1. The first-order valence-corrected chi connectivity index (χ1v) is 10.5. The molecule has 1 amide bonds. The molecule has 0 N–H and O–H groups in total. The number of rotatable bonds is 2. The molecule has 2 aromatic rings. The standard InChI is InChI=1S/C22H27N5O/c1-15-19(11-24-21(25-15)17-5-4-7-23-10-17)22(28)27-13-16-9-18(14-27)20-6-2-3-8-26(20)12-16/h4-5,7,10-11,16,18,20H,2-3,6,8-9,12-14H2,1H3/t16-,18-,20+/m1/s1. The lowest BCUT2D eigenvalue weighted by molar-refractivity contribution is -0.0243. The number of aromatic nitrogens is 3. The average molecular weight is 377 g/mol. The maximum Gasteiger partial charge on any atom is 0.257 e. The van der Waals surface area contributed by atoms with Crippen molar-refractivity contribution in [3.05, 3.63) is 42.0 Å². The summed E-state index contributed by atoms with van der Waals surface area (Å²) in [6.07, 6.45) is 10.4. The summed E-state index contributed by atoms with van der Waals surface area (Å²) in [6, 6.07) is 4.48. The first kappa shape index (κ1) is 17.7. The fourth-order valence-corrected chi connectivity index (χ4v) is 5.41. The number of carbonyl (C=O) groups excluding carboxylic acids is 1. The smallest absolute Gasteiger partial charge is 0.257 e. The Kier molecular flexibility index (Phi) is 4.59. The van der Waals surface area contributed by atoms with Gasteiger partial charge in [0.2, 0.25) is 0 Å². The lowest BCUT2D eigenvalue weighted by atomic mass is 9.76. The van der Waals surface area contributed by atoms with Gasteiger partial charge in [-0.05, 0) is 56.7 Å². The van der Waals surface area contributed by atoms with E-state index in [-0.39, 0.29) is 5.91 Å². The fourth-order valence-electron chi connectivity index (χ4n) is 5.41. The molecule has 0 aliphatic carbocycles.